The van der Waals surface area contributed by atoms with E-state index >= 15 is 0 Å². The second kappa shape index (κ2) is 7.04. The standard InChI is InChI=1S/C26H25N2O/c1-17-16-22-24(25(27-2)23(17)21-14-7-8-15-28(21)3)20-13-9-12-19(26(20)29-22)18-10-5-4-6-11-18/h7-9,12-16,18H,4-6,10-11H2,1,3H3/q+1. The first-order valence-corrected chi connectivity index (χ1v) is 10.5. The van der Waals surface area contributed by atoms with Gasteiger partial charge in [-0.2, -0.15) is 0 Å². The van der Waals surface area contributed by atoms with Gasteiger partial charge in [-0.25, -0.2) is 9.41 Å². The highest BCUT2D eigenvalue weighted by Crippen LogP contribution is 2.46. The van der Waals surface area contributed by atoms with Crippen LogP contribution in [0.25, 0.3) is 38.0 Å². The lowest BCUT2D eigenvalue weighted by atomic mass is 9.83. The van der Waals surface area contributed by atoms with Crippen LogP contribution in [0, 0.1) is 13.5 Å². The molecule has 2 heterocycles. The highest BCUT2D eigenvalue weighted by Gasteiger charge is 2.25. The number of rotatable bonds is 2. The quantitative estimate of drug-likeness (QED) is 0.271. The Balaban J connectivity index is 1.83. The first-order valence-electron chi connectivity index (χ1n) is 10.5. The van der Waals surface area contributed by atoms with Crippen molar-refractivity contribution >= 4 is 27.6 Å². The minimum Gasteiger partial charge on any atom is -0.457 e. The van der Waals surface area contributed by atoms with Gasteiger partial charge in [0, 0.05) is 22.9 Å². The van der Waals surface area contributed by atoms with Crippen LogP contribution < -0.4 is 4.57 Å². The summed E-state index contributed by atoms with van der Waals surface area (Å²) in [6.07, 6.45) is 8.42. The van der Waals surface area contributed by atoms with Gasteiger partial charge in [0.15, 0.2) is 6.20 Å². The number of aryl methyl sites for hydroxylation is 2. The fourth-order valence-electron chi connectivity index (χ4n) is 5.04. The van der Waals surface area contributed by atoms with Crippen molar-refractivity contribution in [2.24, 2.45) is 7.05 Å². The molecule has 1 saturated carbocycles. The summed E-state index contributed by atoms with van der Waals surface area (Å²) < 4.78 is 8.51. The van der Waals surface area contributed by atoms with E-state index in [2.05, 4.69) is 46.7 Å². The molecule has 0 bridgehead atoms. The smallest absolute Gasteiger partial charge is 0.212 e. The fourth-order valence-corrected chi connectivity index (χ4v) is 5.04. The van der Waals surface area contributed by atoms with Gasteiger partial charge in [-0.1, -0.05) is 37.5 Å². The average Bonchev–Trinajstić information content (AvgIpc) is 3.12. The van der Waals surface area contributed by atoms with E-state index in [9.17, 15) is 0 Å². The van der Waals surface area contributed by atoms with Crippen LogP contribution in [0.3, 0.4) is 0 Å². The van der Waals surface area contributed by atoms with Gasteiger partial charge in [0.1, 0.15) is 18.2 Å². The van der Waals surface area contributed by atoms with Gasteiger partial charge >= 0.3 is 0 Å². The summed E-state index contributed by atoms with van der Waals surface area (Å²) in [7, 11) is 2.03. The second-order valence-corrected chi connectivity index (χ2v) is 8.26. The van der Waals surface area contributed by atoms with Gasteiger partial charge in [0.25, 0.3) is 0 Å². The molecule has 4 aromatic rings. The molecule has 3 heteroatoms. The van der Waals surface area contributed by atoms with Crippen molar-refractivity contribution in [3.63, 3.8) is 0 Å². The minimum absolute atomic E-state index is 0.567. The molecule has 144 valence electrons. The van der Waals surface area contributed by atoms with Gasteiger partial charge in [0.05, 0.1) is 12.1 Å². The lowest BCUT2D eigenvalue weighted by Crippen LogP contribution is -2.30. The molecule has 0 amide bonds. The van der Waals surface area contributed by atoms with Gasteiger partial charge in [0.2, 0.25) is 11.4 Å². The van der Waals surface area contributed by atoms with Crippen LogP contribution >= 0.6 is 0 Å². The molecule has 2 aromatic heterocycles. The van der Waals surface area contributed by atoms with Crippen molar-refractivity contribution < 1.29 is 8.98 Å². The van der Waals surface area contributed by atoms with Crippen LogP contribution in [-0.4, -0.2) is 0 Å². The van der Waals surface area contributed by atoms with E-state index in [1.54, 1.807) is 0 Å². The van der Waals surface area contributed by atoms with Gasteiger partial charge in [-0.05, 0) is 48.9 Å². The minimum atomic E-state index is 0.567. The monoisotopic (exact) mass is 381 g/mol. The number of hydrogen-bond acceptors (Lipinski definition) is 1. The molecule has 0 radical (unpaired) electrons. The number of para-hydroxylation sites is 1. The van der Waals surface area contributed by atoms with Gasteiger partial charge in [-0.3, -0.25) is 0 Å². The van der Waals surface area contributed by atoms with Crippen LogP contribution in [0.5, 0.6) is 0 Å². The summed E-state index contributed by atoms with van der Waals surface area (Å²) in [5, 5.41) is 2.03. The maximum absolute atomic E-state index is 8.02. The molecule has 0 atom stereocenters. The third-order valence-corrected chi connectivity index (χ3v) is 6.46. The molecule has 3 nitrogen and oxygen atoms in total. The summed E-state index contributed by atoms with van der Waals surface area (Å²) in [6, 6.07) is 14.7. The Hall–Kier alpha value is -3.12. The first-order chi connectivity index (χ1) is 14.2. The van der Waals surface area contributed by atoms with Crippen molar-refractivity contribution in [2.45, 2.75) is 44.9 Å². The first kappa shape index (κ1) is 17.9. The Kier molecular flexibility index (Phi) is 4.36. The number of hydrogen-bond donors (Lipinski definition) is 0. The van der Waals surface area contributed by atoms with Crippen LogP contribution in [0.15, 0.2) is 53.1 Å². The summed E-state index contributed by atoms with van der Waals surface area (Å²) in [4.78, 5) is 4.02. The Bertz CT molecular complexity index is 1270. The van der Waals surface area contributed by atoms with Crippen LogP contribution in [0.1, 0.15) is 49.1 Å². The maximum Gasteiger partial charge on any atom is 0.212 e. The topological polar surface area (TPSA) is 21.4 Å². The molecule has 0 aliphatic heterocycles. The Labute approximate surface area is 171 Å². The SMILES string of the molecule is [C-]#[N+]c1c(-c2cccc[n+]2C)c(C)cc2oc3c(C4CCCCC4)cccc3c12. The van der Waals surface area contributed by atoms with Crippen LogP contribution in [0.4, 0.5) is 5.69 Å². The van der Waals surface area contributed by atoms with Gasteiger partial charge < -0.3 is 4.42 Å². The Morgan fingerprint density at radius 1 is 1.07 bits per heavy atom. The Morgan fingerprint density at radius 2 is 1.90 bits per heavy atom. The predicted octanol–water partition coefficient (Wildman–Crippen LogP) is 6.98. The second-order valence-electron chi connectivity index (χ2n) is 8.26. The average molecular weight is 381 g/mol. The molecule has 2 aromatic carbocycles. The Morgan fingerprint density at radius 3 is 2.66 bits per heavy atom. The van der Waals surface area contributed by atoms with Crippen molar-refractivity contribution in [2.75, 3.05) is 0 Å². The molecule has 29 heavy (non-hydrogen) atoms. The zero-order chi connectivity index (χ0) is 20.0. The lowest BCUT2D eigenvalue weighted by molar-refractivity contribution is -0.660. The highest BCUT2D eigenvalue weighted by atomic mass is 16.3. The largest absolute Gasteiger partial charge is 0.457 e. The molecule has 1 aliphatic rings. The van der Waals surface area contributed by atoms with E-state index in [1.807, 2.05) is 25.4 Å². The number of benzene rings is 2. The summed E-state index contributed by atoms with van der Waals surface area (Å²) in [6.45, 7) is 10.1. The third kappa shape index (κ3) is 2.83. The normalized spacial score (nSPS) is 15.1. The molecule has 1 fully saturated rings. The summed E-state index contributed by atoms with van der Waals surface area (Å²) in [5.41, 5.74) is 6.95. The zero-order valence-electron chi connectivity index (χ0n) is 17.0. The summed E-state index contributed by atoms with van der Waals surface area (Å²) >= 11 is 0. The molecule has 0 unspecified atom stereocenters. The highest BCUT2D eigenvalue weighted by molar-refractivity contribution is 6.16. The van der Waals surface area contributed by atoms with Crippen molar-refractivity contribution in [3.05, 3.63) is 71.2 Å². The molecular weight excluding hydrogens is 356 g/mol. The number of fused-ring (bicyclic) bond motifs is 3. The zero-order valence-corrected chi connectivity index (χ0v) is 17.0. The molecule has 0 spiro atoms. The third-order valence-electron chi connectivity index (χ3n) is 6.46. The van der Waals surface area contributed by atoms with E-state index in [4.69, 9.17) is 11.0 Å². The lowest BCUT2D eigenvalue weighted by Gasteiger charge is -2.21. The van der Waals surface area contributed by atoms with Gasteiger partial charge in [-0.15, -0.1) is 0 Å². The van der Waals surface area contributed by atoms with Crippen LogP contribution in [-0.2, 0) is 7.05 Å². The number of aromatic nitrogens is 1. The van der Waals surface area contributed by atoms with Crippen molar-refractivity contribution in [3.8, 4) is 11.3 Å². The molecular formula is C26H25N2O+. The maximum atomic E-state index is 8.02. The molecule has 0 N–H and O–H groups in total. The summed E-state index contributed by atoms with van der Waals surface area (Å²) in [5.74, 6) is 0.567. The van der Waals surface area contributed by atoms with Crippen molar-refractivity contribution in [1.29, 1.82) is 0 Å². The number of pyridine rings is 1. The van der Waals surface area contributed by atoms with E-state index < -0.39 is 0 Å². The molecule has 5 rings (SSSR count). The van der Waals surface area contributed by atoms with E-state index in [0.717, 1.165) is 38.8 Å². The number of nitrogens with zero attached hydrogens (tertiary/aromatic N) is 2. The molecule has 1 aliphatic carbocycles. The van der Waals surface area contributed by atoms with Crippen molar-refractivity contribution in [1.82, 2.24) is 0 Å². The predicted molar refractivity (Wildman–Crippen MR) is 117 cm³/mol. The van der Waals surface area contributed by atoms with E-state index in [0.29, 0.717) is 11.6 Å². The molecule has 0 saturated heterocycles. The van der Waals surface area contributed by atoms with E-state index in [-0.39, 0.29) is 0 Å². The van der Waals surface area contributed by atoms with E-state index in [1.165, 1.54) is 37.7 Å². The fraction of sp³-hybridized carbons (Fsp3) is 0.308. The number of furan rings is 1. The van der Waals surface area contributed by atoms with Crippen LogP contribution in [0.2, 0.25) is 0 Å².